The average Bonchev–Trinajstić information content (AvgIpc) is 3.43. The fraction of sp³-hybridized carbons (Fsp3) is 0.333. The lowest BCUT2D eigenvalue weighted by Gasteiger charge is -2.18. The van der Waals surface area contributed by atoms with E-state index in [0.717, 1.165) is 42.5 Å². The number of ether oxygens (including phenoxy) is 1. The summed E-state index contributed by atoms with van der Waals surface area (Å²) >= 11 is 12.5. The van der Waals surface area contributed by atoms with Crippen molar-refractivity contribution in [3.63, 3.8) is 0 Å². The number of hydrogen-bond acceptors (Lipinski definition) is 4. The zero-order chi connectivity index (χ0) is 22.4. The van der Waals surface area contributed by atoms with Crippen molar-refractivity contribution < 1.29 is 4.74 Å². The van der Waals surface area contributed by atoms with Gasteiger partial charge in [0.15, 0.2) is 0 Å². The number of halogens is 2. The standard InChI is InChI=1S/C24H24Cl2N4O2/c1-14(11-27)30-22-10-19(26)18(25)9-20(22)28-23(24(30)31)17-13-29(12-15-5-4-8-32-15)21-7-3-2-6-16(17)21/h2-3,6-7,9-10,13-15H,4-5,8,11-12,27H2,1H3. The molecule has 2 atom stereocenters. The van der Waals surface area contributed by atoms with Gasteiger partial charge in [0.1, 0.15) is 5.69 Å². The van der Waals surface area contributed by atoms with Gasteiger partial charge in [-0.2, -0.15) is 0 Å². The van der Waals surface area contributed by atoms with E-state index in [1.54, 1.807) is 16.7 Å². The molecule has 1 aliphatic rings. The van der Waals surface area contributed by atoms with Crippen LogP contribution in [0.3, 0.4) is 0 Å². The van der Waals surface area contributed by atoms with Crippen LogP contribution in [0.1, 0.15) is 25.8 Å². The first-order valence-electron chi connectivity index (χ1n) is 10.8. The summed E-state index contributed by atoms with van der Waals surface area (Å²) in [4.78, 5) is 18.5. The van der Waals surface area contributed by atoms with Crippen LogP contribution < -0.4 is 11.3 Å². The topological polar surface area (TPSA) is 75.1 Å². The molecule has 32 heavy (non-hydrogen) atoms. The Labute approximate surface area is 195 Å². The van der Waals surface area contributed by atoms with Crippen LogP contribution in [0.15, 0.2) is 47.4 Å². The van der Waals surface area contributed by atoms with E-state index >= 15 is 0 Å². The third-order valence-corrected chi connectivity index (χ3v) is 6.90. The Kier molecular flexibility index (Phi) is 5.72. The van der Waals surface area contributed by atoms with E-state index in [2.05, 4.69) is 10.6 Å². The Balaban J connectivity index is 1.77. The number of para-hydroxylation sites is 1. The lowest BCUT2D eigenvalue weighted by atomic mass is 10.1. The van der Waals surface area contributed by atoms with Crippen LogP contribution in [0, 0.1) is 0 Å². The quantitative estimate of drug-likeness (QED) is 0.444. The lowest BCUT2D eigenvalue weighted by Crippen LogP contribution is -2.30. The molecule has 2 aromatic heterocycles. The molecule has 8 heteroatoms. The molecule has 6 nitrogen and oxygen atoms in total. The van der Waals surface area contributed by atoms with E-state index in [4.69, 9.17) is 38.7 Å². The monoisotopic (exact) mass is 470 g/mol. The molecular formula is C24H24Cl2N4O2. The number of rotatable bonds is 5. The van der Waals surface area contributed by atoms with Gasteiger partial charge in [0.05, 0.1) is 27.2 Å². The normalized spacial score (nSPS) is 17.4. The largest absolute Gasteiger partial charge is 0.376 e. The Hall–Kier alpha value is -2.38. The molecule has 1 aliphatic heterocycles. The molecule has 0 aliphatic carbocycles. The number of aromatic nitrogens is 3. The maximum absolute atomic E-state index is 13.7. The van der Waals surface area contributed by atoms with Gasteiger partial charge in [-0.1, -0.05) is 41.4 Å². The first-order valence-corrected chi connectivity index (χ1v) is 11.5. The molecule has 2 unspecified atom stereocenters. The first kappa shape index (κ1) is 21.5. The zero-order valence-corrected chi connectivity index (χ0v) is 19.2. The van der Waals surface area contributed by atoms with Gasteiger partial charge in [-0.25, -0.2) is 4.98 Å². The highest BCUT2D eigenvalue weighted by molar-refractivity contribution is 6.42. The summed E-state index contributed by atoms with van der Waals surface area (Å²) in [7, 11) is 0. The molecule has 0 amide bonds. The molecular weight excluding hydrogens is 447 g/mol. The minimum atomic E-state index is -0.232. The molecule has 0 radical (unpaired) electrons. The number of benzene rings is 2. The zero-order valence-electron chi connectivity index (χ0n) is 17.7. The van der Waals surface area contributed by atoms with Crippen LogP contribution in [-0.4, -0.2) is 33.4 Å². The minimum absolute atomic E-state index is 0.179. The highest BCUT2D eigenvalue weighted by atomic mass is 35.5. The minimum Gasteiger partial charge on any atom is -0.376 e. The van der Waals surface area contributed by atoms with Gasteiger partial charge in [-0.15, -0.1) is 0 Å². The molecule has 3 heterocycles. The fourth-order valence-electron chi connectivity index (χ4n) is 4.51. The third kappa shape index (κ3) is 3.61. The Morgan fingerprint density at radius 3 is 2.75 bits per heavy atom. The summed E-state index contributed by atoms with van der Waals surface area (Å²) in [6.07, 6.45) is 4.30. The van der Waals surface area contributed by atoms with Crippen LogP contribution in [0.2, 0.25) is 10.0 Å². The highest BCUT2D eigenvalue weighted by Crippen LogP contribution is 2.32. The molecule has 5 rings (SSSR count). The Morgan fingerprint density at radius 2 is 2.00 bits per heavy atom. The van der Waals surface area contributed by atoms with Gasteiger partial charge in [-0.3, -0.25) is 4.79 Å². The van der Waals surface area contributed by atoms with Crippen LogP contribution in [-0.2, 0) is 11.3 Å². The van der Waals surface area contributed by atoms with Crippen molar-refractivity contribution in [1.82, 2.24) is 14.1 Å². The van der Waals surface area contributed by atoms with Crippen LogP contribution >= 0.6 is 23.2 Å². The predicted molar refractivity (Wildman–Crippen MR) is 130 cm³/mol. The van der Waals surface area contributed by atoms with Gasteiger partial charge in [-0.05, 0) is 38.0 Å². The Morgan fingerprint density at radius 1 is 1.22 bits per heavy atom. The predicted octanol–water partition coefficient (Wildman–Crippen LogP) is 5.02. The molecule has 2 N–H and O–H groups in total. The number of hydrogen-bond donors (Lipinski definition) is 1. The molecule has 1 saturated heterocycles. The number of nitrogens with two attached hydrogens (primary N) is 1. The van der Waals surface area contributed by atoms with E-state index in [1.165, 1.54) is 0 Å². The molecule has 4 aromatic rings. The summed E-state index contributed by atoms with van der Waals surface area (Å²) in [5, 5.41) is 1.74. The van der Waals surface area contributed by atoms with Gasteiger partial charge in [0, 0.05) is 48.4 Å². The van der Waals surface area contributed by atoms with Gasteiger partial charge < -0.3 is 19.6 Å². The second-order valence-electron chi connectivity index (χ2n) is 8.32. The van der Waals surface area contributed by atoms with Crippen molar-refractivity contribution in [2.45, 2.75) is 38.5 Å². The maximum Gasteiger partial charge on any atom is 0.277 e. The van der Waals surface area contributed by atoms with Crippen molar-refractivity contribution in [3.05, 3.63) is 63.0 Å². The van der Waals surface area contributed by atoms with Crippen molar-refractivity contribution in [2.24, 2.45) is 5.73 Å². The van der Waals surface area contributed by atoms with E-state index in [9.17, 15) is 4.79 Å². The summed E-state index contributed by atoms with van der Waals surface area (Å²) < 4.78 is 9.69. The van der Waals surface area contributed by atoms with E-state index in [1.807, 2.05) is 31.3 Å². The molecule has 166 valence electrons. The van der Waals surface area contributed by atoms with Crippen molar-refractivity contribution in [1.29, 1.82) is 0 Å². The van der Waals surface area contributed by atoms with E-state index < -0.39 is 0 Å². The van der Waals surface area contributed by atoms with Gasteiger partial charge >= 0.3 is 0 Å². The maximum atomic E-state index is 13.7. The smallest absolute Gasteiger partial charge is 0.277 e. The van der Waals surface area contributed by atoms with E-state index in [-0.39, 0.29) is 17.7 Å². The lowest BCUT2D eigenvalue weighted by molar-refractivity contribution is 0.0980. The molecule has 2 aromatic carbocycles. The van der Waals surface area contributed by atoms with Crippen LogP contribution in [0.5, 0.6) is 0 Å². The van der Waals surface area contributed by atoms with Gasteiger partial charge in [0.25, 0.3) is 5.56 Å². The van der Waals surface area contributed by atoms with Crippen LogP contribution in [0.4, 0.5) is 0 Å². The Bertz CT molecular complexity index is 1370. The van der Waals surface area contributed by atoms with Crippen molar-refractivity contribution in [3.8, 4) is 11.3 Å². The highest BCUT2D eigenvalue weighted by Gasteiger charge is 2.22. The van der Waals surface area contributed by atoms with E-state index in [0.29, 0.717) is 33.3 Å². The summed E-state index contributed by atoms with van der Waals surface area (Å²) in [5.74, 6) is 0. The second kappa shape index (κ2) is 8.52. The van der Waals surface area contributed by atoms with Crippen molar-refractivity contribution >= 4 is 45.1 Å². The summed E-state index contributed by atoms with van der Waals surface area (Å²) in [6.45, 7) is 3.75. The fourth-order valence-corrected chi connectivity index (χ4v) is 4.83. The second-order valence-corrected chi connectivity index (χ2v) is 9.14. The molecule has 1 fully saturated rings. The van der Waals surface area contributed by atoms with Gasteiger partial charge in [0.2, 0.25) is 0 Å². The first-order chi connectivity index (χ1) is 15.5. The van der Waals surface area contributed by atoms with Crippen LogP contribution in [0.25, 0.3) is 33.2 Å². The summed E-state index contributed by atoms with van der Waals surface area (Å²) in [6, 6.07) is 11.2. The SMILES string of the molecule is CC(CN)n1c(=O)c(-c2cn(CC3CCCO3)c3ccccc23)nc2cc(Cl)c(Cl)cc21. The third-order valence-electron chi connectivity index (χ3n) is 6.18. The molecule has 0 bridgehead atoms. The number of nitrogens with zero attached hydrogens (tertiary/aromatic N) is 3. The number of fused-ring (bicyclic) bond motifs is 2. The summed E-state index contributed by atoms with van der Waals surface area (Å²) in [5.41, 5.74) is 9.18. The average molecular weight is 471 g/mol. The molecule has 0 saturated carbocycles. The van der Waals surface area contributed by atoms with Crippen molar-refractivity contribution in [2.75, 3.05) is 13.2 Å². The molecule has 0 spiro atoms.